The van der Waals surface area contributed by atoms with Crippen molar-refractivity contribution in [3.63, 3.8) is 0 Å². The lowest BCUT2D eigenvalue weighted by molar-refractivity contribution is 0.181. The lowest BCUT2D eigenvalue weighted by Gasteiger charge is -2.26. The predicted octanol–water partition coefficient (Wildman–Crippen LogP) is 4.33. The molecule has 21 heavy (non-hydrogen) atoms. The van der Waals surface area contributed by atoms with Gasteiger partial charge in [0.25, 0.3) is 0 Å². The van der Waals surface area contributed by atoms with Crippen LogP contribution in [-0.4, -0.2) is 12.1 Å². The fourth-order valence-corrected chi connectivity index (χ4v) is 1.99. The molecule has 112 valence electrons. The highest BCUT2D eigenvalue weighted by Crippen LogP contribution is 2.24. The maximum absolute atomic E-state index is 13.8. The third-order valence-electron chi connectivity index (χ3n) is 3.10. The van der Waals surface area contributed by atoms with Crippen molar-refractivity contribution >= 4 is 0 Å². The summed E-state index contributed by atoms with van der Waals surface area (Å²) in [6.07, 6.45) is -0.234. The summed E-state index contributed by atoms with van der Waals surface area (Å²) in [5.74, 6) is -0.0590. The molecule has 0 heterocycles. The van der Waals surface area contributed by atoms with Crippen LogP contribution in [0.4, 0.5) is 4.39 Å². The van der Waals surface area contributed by atoms with Gasteiger partial charge in [0.2, 0.25) is 0 Å². The van der Waals surface area contributed by atoms with E-state index in [1.807, 2.05) is 30.3 Å². The molecular formula is C18H22FNO. The maximum Gasteiger partial charge on any atom is 0.165 e. The van der Waals surface area contributed by atoms with E-state index in [4.69, 9.17) is 4.74 Å². The third-order valence-corrected chi connectivity index (χ3v) is 3.10. The molecule has 0 aromatic heterocycles. The third kappa shape index (κ3) is 4.87. The second-order valence-electron chi connectivity index (χ2n) is 6.08. The summed E-state index contributed by atoms with van der Waals surface area (Å²) in [6.45, 7) is 6.90. The number of hydrogen-bond acceptors (Lipinski definition) is 2. The van der Waals surface area contributed by atoms with Crippen molar-refractivity contribution in [1.29, 1.82) is 0 Å². The zero-order valence-electron chi connectivity index (χ0n) is 12.8. The molecule has 0 radical (unpaired) electrons. The zero-order chi connectivity index (χ0) is 15.3. The monoisotopic (exact) mass is 287 g/mol. The number of nitrogens with one attached hydrogen (secondary N) is 1. The summed E-state index contributed by atoms with van der Waals surface area (Å²) in [5.41, 5.74) is 1.00. The van der Waals surface area contributed by atoms with E-state index in [1.165, 1.54) is 6.07 Å². The number of rotatable bonds is 5. The van der Waals surface area contributed by atoms with Crippen molar-refractivity contribution in [1.82, 2.24) is 5.32 Å². The topological polar surface area (TPSA) is 21.3 Å². The van der Waals surface area contributed by atoms with Crippen LogP contribution in [0.2, 0.25) is 0 Å². The van der Waals surface area contributed by atoms with Crippen LogP contribution in [0.3, 0.4) is 0 Å². The number of ether oxygens (including phenoxy) is 1. The van der Waals surface area contributed by atoms with Gasteiger partial charge >= 0.3 is 0 Å². The molecule has 3 heteroatoms. The summed E-state index contributed by atoms with van der Waals surface area (Å²) >= 11 is 0. The van der Waals surface area contributed by atoms with Crippen LogP contribution in [0.1, 0.15) is 32.4 Å². The van der Waals surface area contributed by atoms with Gasteiger partial charge in [-0.15, -0.1) is 0 Å². The lowest BCUT2D eigenvalue weighted by Crippen LogP contribution is -2.39. The van der Waals surface area contributed by atoms with E-state index in [-0.39, 0.29) is 23.2 Å². The molecule has 0 bridgehead atoms. The Morgan fingerprint density at radius 3 is 2.24 bits per heavy atom. The molecule has 0 amide bonds. The molecule has 0 saturated carbocycles. The molecule has 1 unspecified atom stereocenters. The van der Waals surface area contributed by atoms with E-state index < -0.39 is 0 Å². The summed E-state index contributed by atoms with van der Waals surface area (Å²) in [6, 6.07) is 16.4. The van der Waals surface area contributed by atoms with Gasteiger partial charge in [-0.1, -0.05) is 42.5 Å². The SMILES string of the molecule is CC(C)(C)NCC(Oc1ccccc1F)c1ccccc1. The van der Waals surface area contributed by atoms with E-state index in [9.17, 15) is 4.39 Å². The van der Waals surface area contributed by atoms with Gasteiger partial charge in [-0.3, -0.25) is 0 Å². The van der Waals surface area contributed by atoms with Crippen LogP contribution >= 0.6 is 0 Å². The Morgan fingerprint density at radius 2 is 1.62 bits per heavy atom. The molecule has 1 N–H and O–H groups in total. The van der Waals surface area contributed by atoms with Gasteiger partial charge in [0.05, 0.1) is 0 Å². The smallest absolute Gasteiger partial charge is 0.165 e. The Labute approximate surface area is 126 Å². The molecule has 0 fully saturated rings. The molecule has 0 spiro atoms. The first-order valence-electron chi connectivity index (χ1n) is 7.17. The molecule has 1 atom stereocenters. The normalized spacial score (nSPS) is 13.0. The Hall–Kier alpha value is -1.87. The van der Waals surface area contributed by atoms with Crippen molar-refractivity contribution in [2.45, 2.75) is 32.4 Å². The minimum Gasteiger partial charge on any atom is -0.481 e. The van der Waals surface area contributed by atoms with Crippen LogP contribution in [-0.2, 0) is 0 Å². The molecule has 2 aromatic carbocycles. The van der Waals surface area contributed by atoms with E-state index in [0.717, 1.165) is 5.56 Å². The van der Waals surface area contributed by atoms with Gasteiger partial charge in [-0.25, -0.2) is 4.39 Å². The molecule has 0 saturated heterocycles. The second-order valence-corrected chi connectivity index (χ2v) is 6.08. The number of benzene rings is 2. The summed E-state index contributed by atoms with van der Waals surface area (Å²) in [7, 11) is 0. The number of hydrogen-bond donors (Lipinski definition) is 1. The van der Waals surface area contributed by atoms with Crippen LogP contribution in [0.15, 0.2) is 54.6 Å². The molecule has 2 rings (SSSR count). The molecule has 0 aliphatic rings. The maximum atomic E-state index is 13.8. The minimum absolute atomic E-state index is 0.0222. The first kappa shape index (κ1) is 15.5. The van der Waals surface area contributed by atoms with Gasteiger partial charge < -0.3 is 10.1 Å². The molecular weight excluding hydrogens is 265 g/mol. The zero-order valence-corrected chi connectivity index (χ0v) is 12.8. The van der Waals surface area contributed by atoms with Crippen LogP contribution < -0.4 is 10.1 Å². The fraction of sp³-hybridized carbons (Fsp3) is 0.333. The van der Waals surface area contributed by atoms with Gasteiger partial charge in [0, 0.05) is 12.1 Å². The summed E-state index contributed by atoms with van der Waals surface area (Å²) < 4.78 is 19.7. The Morgan fingerprint density at radius 1 is 1.00 bits per heavy atom. The predicted molar refractivity (Wildman–Crippen MR) is 84.0 cm³/mol. The fourth-order valence-electron chi connectivity index (χ4n) is 1.99. The van der Waals surface area contributed by atoms with Crippen LogP contribution in [0.5, 0.6) is 5.75 Å². The average Bonchev–Trinajstić information content (AvgIpc) is 2.45. The molecule has 0 aliphatic heterocycles. The van der Waals surface area contributed by atoms with Crippen LogP contribution in [0, 0.1) is 5.82 Å². The van der Waals surface area contributed by atoms with E-state index >= 15 is 0 Å². The highest BCUT2D eigenvalue weighted by atomic mass is 19.1. The standard InChI is InChI=1S/C18H22FNO/c1-18(2,3)20-13-17(14-9-5-4-6-10-14)21-16-12-8-7-11-15(16)19/h4-12,17,20H,13H2,1-3H3. The summed E-state index contributed by atoms with van der Waals surface area (Å²) in [4.78, 5) is 0. The van der Waals surface area contributed by atoms with Gasteiger partial charge in [0.15, 0.2) is 11.6 Å². The Balaban J connectivity index is 2.18. The molecule has 0 aliphatic carbocycles. The van der Waals surface area contributed by atoms with E-state index in [2.05, 4.69) is 26.1 Å². The van der Waals surface area contributed by atoms with Crippen molar-refractivity contribution < 1.29 is 9.13 Å². The van der Waals surface area contributed by atoms with Gasteiger partial charge in [-0.05, 0) is 38.5 Å². The van der Waals surface area contributed by atoms with Crippen LogP contribution in [0.25, 0.3) is 0 Å². The Bertz CT molecular complexity index is 563. The highest BCUT2D eigenvalue weighted by molar-refractivity contribution is 5.26. The number of para-hydroxylation sites is 1. The van der Waals surface area contributed by atoms with Crippen molar-refractivity contribution in [2.24, 2.45) is 0 Å². The average molecular weight is 287 g/mol. The first-order chi connectivity index (χ1) is 9.96. The second kappa shape index (κ2) is 6.72. The minimum atomic E-state index is -0.339. The largest absolute Gasteiger partial charge is 0.481 e. The van der Waals surface area contributed by atoms with E-state index in [0.29, 0.717) is 6.54 Å². The Kier molecular flexibility index (Phi) is 4.97. The number of halogens is 1. The van der Waals surface area contributed by atoms with E-state index in [1.54, 1.807) is 18.2 Å². The van der Waals surface area contributed by atoms with Crippen molar-refractivity contribution in [3.05, 3.63) is 66.0 Å². The lowest BCUT2D eigenvalue weighted by atomic mass is 10.1. The quantitative estimate of drug-likeness (QED) is 0.883. The van der Waals surface area contributed by atoms with Gasteiger partial charge in [0.1, 0.15) is 6.10 Å². The molecule has 2 nitrogen and oxygen atoms in total. The first-order valence-corrected chi connectivity index (χ1v) is 7.17. The summed E-state index contributed by atoms with van der Waals surface area (Å²) in [5, 5.41) is 3.41. The van der Waals surface area contributed by atoms with Crippen molar-refractivity contribution in [3.8, 4) is 5.75 Å². The highest BCUT2D eigenvalue weighted by Gasteiger charge is 2.18. The van der Waals surface area contributed by atoms with Gasteiger partial charge in [-0.2, -0.15) is 0 Å². The molecule has 2 aromatic rings. The van der Waals surface area contributed by atoms with Crippen molar-refractivity contribution in [2.75, 3.05) is 6.54 Å².